The number of hydrogen-bond acceptors (Lipinski definition) is 3. The fraction of sp³-hybridized carbons (Fsp3) is 0.417. The average molecular weight is 272 g/mol. The molecule has 0 aromatic heterocycles. The summed E-state index contributed by atoms with van der Waals surface area (Å²) >= 11 is 0. The van der Waals surface area contributed by atoms with E-state index in [1.807, 2.05) is 0 Å². The Hall–Kier alpha value is -2.05. The highest BCUT2D eigenvalue weighted by molar-refractivity contribution is 5.95. The monoisotopic (exact) mass is 272 g/mol. The molecule has 0 bridgehead atoms. The molecule has 1 amide bonds. The zero-order valence-electron chi connectivity index (χ0n) is 10.8. The molecule has 0 heterocycles. The summed E-state index contributed by atoms with van der Waals surface area (Å²) in [6.07, 6.45) is 0.539. The van der Waals surface area contributed by atoms with Crippen LogP contribution < -0.4 is 5.32 Å². The van der Waals surface area contributed by atoms with Crippen molar-refractivity contribution in [2.24, 2.45) is 0 Å². The van der Waals surface area contributed by atoms with E-state index in [2.05, 4.69) is 5.32 Å². The third-order valence-corrected chi connectivity index (χ3v) is 2.83. The predicted molar refractivity (Wildman–Crippen MR) is 64.8 cm³/mol. The minimum absolute atomic E-state index is 0.539. The number of nitro benzene ring substituents is 1. The highest BCUT2D eigenvalue weighted by Gasteiger charge is 2.28. The number of carbonyl (C=O) groups is 1. The maximum atomic E-state index is 13.8. The zero-order chi connectivity index (χ0) is 14.8. The van der Waals surface area contributed by atoms with Crippen LogP contribution in [-0.4, -0.2) is 16.4 Å². The van der Waals surface area contributed by atoms with Gasteiger partial charge in [0.1, 0.15) is 11.4 Å². The molecule has 5 nitrogen and oxygen atoms in total. The lowest BCUT2D eigenvalue weighted by Gasteiger charge is -2.24. The van der Waals surface area contributed by atoms with Gasteiger partial charge in [-0.05, 0) is 26.3 Å². The second-order valence-corrected chi connectivity index (χ2v) is 4.70. The first-order valence-corrected chi connectivity index (χ1v) is 5.64. The number of carbonyl (C=O) groups excluding carboxylic acids is 1. The number of halogens is 2. The van der Waals surface area contributed by atoms with Crippen molar-refractivity contribution in [2.45, 2.75) is 32.7 Å². The standard InChI is InChI=1S/C12H14F2N2O3/c1-4-12(2,3)15-11(17)9-7(13)5-6-8(10(9)14)16(18)19/h5-6H,4H2,1-3H3,(H,15,17). The van der Waals surface area contributed by atoms with Gasteiger partial charge in [0.05, 0.1) is 4.92 Å². The summed E-state index contributed by atoms with van der Waals surface area (Å²) in [7, 11) is 0. The number of nitro groups is 1. The van der Waals surface area contributed by atoms with Crippen LogP contribution in [0.4, 0.5) is 14.5 Å². The lowest BCUT2D eigenvalue weighted by Crippen LogP contribution is -2.43. The van der Waals surface area contributed by atoms with Gasteiger partial charge < -0.3 is 5.32 Å². The number of rotatable bonds is 4. The smallest absolute Gasteiger partial charge is 0.305 e. The van der Waals surface area contributed by atoms with Crippen LogP contribution in [0, 0.1) is 21.7 Å². The molecular formula is C12H14F2N2O3. The lowest BCUT2D eigenvalue weighted by atomic mass is 10.0. The Balaban J connectivity index is 3.23. The SMILES string of the molecule is CCC(C)(C)NC(=O)c1c(F)ccc([N+](=O)[O-])c1F. The first-order chi connectivity index (χ1) is 8.69. The molecule has 19 heavy (non-hydrogen) atoms. The van der Waals surface area contributed by atoms with E-state index in [1.165, 1.54) is 0 Å². The molecule has 1 aromatic rings. The van der Waals surface area contributed by atoms with Crippen molar-refractivity contribution >= 4 is 11.6 Å². The summed E-state index contributed by atoms with van der Waals surface area (Å²) < 4.78 is 27.3. The predicted octanol–water partition coefficient (Wildman–Crippen LogP) is 2.79. The van der Waals surface area contributed by atoms with Gasteiger partial charge in [0.2, 0.25) is 5.82 Å². The topological polar surface area (TPSA) is 72.2 Å². The van der Waals surface area contributed by atoms with Crippen LogP contribution >= 0.6 is 0 Å². The number of benzene rings is 1. The number of amides is 1. The van der Waals surface area contributed by atoms with E-state index < -0.39 is 39.3 Å². The fourth-order valence-electron chi connectivity index (χ4n) is 1.35. The molecule has 0 spiro atoms. The summed E-state index contributed by atoms with van der Waals surface area (Å²) in [4.78, 5) is 21.4. The van der Waals surface area contributed by atoms with Crippen molar-refractivity contribution in [2.75, 3.05) is 0 Å². The van der Waals surface area contributed by atoms with E-state index in [0.717, 1.165) is 0 Å². The van der Waals surface area contributed by atoms with Crippen molar-refractivity contribution in [3.05, 3.63) is 39.4 Å². The minimum atomic E-state index is -1.46. The molecule has 0 atom stereocenters. The molecule has 0 saturated carbocycles. The molecule has 1 N–H and O–H groups in total. The zero-order valence-corrected chi connectivity index (χ0v) is 10.8. The third kappa shape index (κ3) is 3.24. The molecule has 1 aromatic carbocycles. The summed E-state index contributed by atoms with van der Waals surface area (Å²) in [6, 6.07) is 1.39. The second-order valence-electron chi connectivity index (χ2n) is 4.70. The van der Waals surface area contributed by atoms with E-state index in [9.17, 15) is 23.7 Å². The van der Waals surface area contributed by atoms with Crippen LogP contribution in [0.2, 0.25) is 0 Å². The van der Waals surface area contributed by atoms with Crippen LogP contribution in [-0.2, 0) is 0 Å². The molecule has 0 aliphatic carbocycles. The van der Waals surface area contributed by atoms with Gasteiger partial charge in [-0.15, -0.1) is 0 Å². The Labute approximate surface area is 108 Å². The number of nitrogens with one attached hydrogen (secondary N) is 1. The minimum Gasteiger partial charge on any atom is -0.347 e. The van der Waals surface area contributed by atoms with Gasteiger partial charge in [0.25, 0.3) is 5.91 Å². The van der Waals surface area contributed by atoms with Gasteiger partial charge in [-0.2, -0.15) is 4.39 Å². The van der Waals surface area contributed by atoms with E-state index >= 15 is 0 Å². The van der Waals surface area contributed by atoms with Gasteiger partial charge in [-0.1, -0.05) is 6.92 Å². The van der Waals surface area contributed by atoms with Gasteiger partial charge in [-0.25, -0.2) is 4.39 Å². The summed E-state index contributed by atoms with van der Waals surface area (Å²) in [6.45, 7) is 5.15. The highest BCUT2D eigenvalue weighted by Crippen LogP contribution is 2.23. The highest BCUT2D eigenvalue weighted by atomic mass is 19.1. The molecule has 0 aliphatic heterocycles. The molecule has 0 unspecified atom stereocenters. The van der Waals surface area contributed by atoms with Crippen LogP contribution in [0.1, 0.15) is 37.6 Å². The van der Waals surface area contributed by atoms with E-state index in [-0.39, 0.29) is 0 Å². The Morgan fingerprint density at radius 1 is 1.42 bits per heavy atom. The summed E-state index contributed by atoms with van der Waals surface area (Å²) in [5.41, 5.74) is -2.53. The molecule has 104 valence electrons. The molecule has 0 fully saturated rings. The average Bonchev–Trinajstić information content (AvgIpc) is 2.27. The quantitative estimate of drug-likeness (QED) is 0.676. The van der Waals surface area contributed by atoms with Crippen molar-refractivity contribution in [1.29, 1.82) is 0 Å². The molecule has 0 radical (unpaired) electrons. The summed E-state index contributed by atoms with van der Waals surface area (Å²) in [5, 5.41) is 13.0. The Bertz CT molecular complexity index is 530. The van der Waals surface area contributed by atoms with E-state index in [1.54, 1.807) is 20.8 Å². The first-order valence-electron chi connectivity index (χ1n) is 5.64. The van der Waals surface area contributed by atoms with Gasteiger partial charge in [0, 0.05) is 11.6 Å². The lowest BCUT2D eigenvalue weighted by molar-refractivity contribution is -0.387. The Morgan fingerprint density at radius 3 is 2.47 bits per heavy atom. The largest absolute Gasteiger partial charge is 0.347 e. The van der Waals surface area contributed by atoms with Crippen LogP contribution in [0.15, 0.2) is 12.1 Å². The Morgan fingerprint density at radius 2 is 2.00 bits per heavy atom. The molecular weight excluding hydrogens is 258 g/mol. The normalized spacial score (nSPS) is 11.2. The molecule has 0 aliphatic rings. The maximum absolute atomic E-state index is 13.8. The molecule has 0 saturated heterocycles. The fourth-order valence-corrected chi connectivity index (χ4v) is 1.35. The van der Waals surface area contributed by atoms with Crippen LogP contribution in [0.3, 0.4) is 0 Å². The number of nitrogens with zero attached hydrogens (tertiary/aromatic N) is 1. The van der Waals surface area contributed by atoms with Gasteiger partial charge in [-0.3, -0.25) is 14.9 Å². The first kappa shape index (κ1) is 15.0. The van der Waals surface area contributed by atoms with Crippen LogP contribution in [0.25, 0.3) is 0 Å². The second kappa shape index (κ2) is 5.29. The Kier molecular flexibility index (Phi) is 4.18. The van der Waals surface area contributed by atoms with Crippen molar-refractivity contribution < 1.29 is 18.5 Å². The van der Waals surface area contributed by atoms with Gasteiger partial charge >= 0.3 is 5.69 Å². The maximum Gasteiger partial charge on any atom is 0.305 e. The van der Waals surface area contributed by atoms with Crippen molar-refractivity contribution in [1.82, 2.24) is 5.32 Å². The molecule has 7 heteroatoms. The summed E-state index contributed by atoms with van der Waals surface area (Å²) in [5.74, 6) is -3.60. The number of hydrogen-bond donors (Lipinski definition) is 1. The van der Waals surface area contributed by atoms with Gasteiger partial charge in [0.15, 0.2) is 0 Å². The van der Waals surface area contributed by atoms with Crippen molar-refractivity contribution in [3.8, 4) is 0 Å². The third-order valence-electron chi connectivity index (χ3n) is 2.83. The van der Waals surface area contributed by atoms with E-state index in [0.29, 0.717) is 18.6 Å². The van der Waals surface area contributed by atoms with E-state index in [4.69, 9.17) is 0 Å². The van der Waals surface area contributed by atoms with Crippen LogP contribution in [0.5, 0.6) is 0 Å². The molecule has 1 rings (SSSR count). The van der Waals surface area contributed by atoms with Crippen molar-refractivity contribution in [3.63, 3.8) is 0 Å².